The fourth-order valence-corrected chi connectivity index (χ4v) is 2.59. The second-order valence-electron chi connectivity index (χ2n) is 3.65. The molecule has 0 aliphatic rings. The fourth-order valence-electron chi connectivity index (χ4n) is 1.19. The zero-order valence-corrected chi connectivity index (χ0v) is 9.87. The van der Waals surface area contributed by atoms with E-state index >= 15 is 0 Å². The lowest BCUT2D eigenvalue weighted by molar-refractivity contribution is -0.137. The zero-order chi connectivity index (χ0) is 12.8. The van der Waals surface area contributed by atoms with Gasteiger partial charge in [-0.3, -0.25) is 0 Å². The van der Waals surface area contributed by atoms with E-state index in [1.165, 1.54) is 6.92 Å². The maximum absolute atomic E-state index is 11.9. The van der Waals surface area contributed by atoms with E-state index in [1.807, 2.05) is 4.72 Å². The van der Waals surface area contributed by atoms with Crippen molar-refractivity contribution >= 4 is 10.0 Å². The molecular weight excluding hydrogens is 245 g/mol. The monoisotopic (exact) mass is 262 g/mol. The average Bonchev–Trinajstić information content (AvgIpc) is 1.98. The molecule has 1 atom stereocenters. The van der Waals surface area contributed by atoms with Gasteiger partial charge in [-0.15, -0.1) is 0 Å². The molecule has 0 saturated carbocycles. The van der Waals surface area contributed by atoms with Crippen LogP contribution in [0, 0.1) is 0 Å². The third-order valence-electron chi connectivity index (χ3n) is 1.79. The second kappa shape index (κ2) is 6.41. The Morgan fingerprint density at radius 1 is 1.31 bits per heavy atom. The molecular formula is C8H17F3N2O2S. The Labute approximate surface area is 93.4 Å². The van der Waals surface area contributed by atoms with Crippen LogP contribution in [0.4, 0.5) is 13.2 Å². The van der Waals surface area contributed by atoms with Gasteiger partial charge in [0.2, 0.25) is 10.0 Å². The average molecular weight is 262 g/mol. The summed E-state index contributed by atoms with van der Waals surface area (Å²) in [6.45, 7) is 1.56. The molecule has 0 rings (SSSR count). The van der Waals surface area contributed by atoms with Crippen molar-refractivity contribution < 1.29 is 21.6 Å². The minimum Gasteiger partial charge on any atom is -0.330 e. The van der Waals surface area contributed by atoms with Crippen LogP contribution in [0.5, 0.6) is 0 Å². The molecule has 1 unspecified atom stereocenters. The van der Waals surface area contributed by atoms with Gasteiger partial charge in [0.1, 0.15) is 0 Å². The molecule has 0 aliphatic heterocycles. The highest BCUT2D eigenvalue weighted by Crippen LogP contribution is 2.21. The fraction of sp³-hybridized carbons (Fsp3) is 1.00. The zero-order valence-electron chi connectivity index (χ0n) is 9.05. The third kappa shape index (κ3) is 8.93. The van der Waals surface area contributed by atoms with Crippen molar-refractivity contribution in [3.63, 3.8) is 0 Å². The number of nitrogens with two attached hydrogens (primary N) is 1. The van der Waals surface area contributed by atoms with E-state index in [1.54, 1.807) is 0 Å². The summed E-state index contributed by atoms with van der Waals surface area (Å²) in [6.07, 6.45) is -4.64. The van der Waals surface area contributed by atoms with Crippen LogP contribution in [0.15, 0.2) is 0 Å². The van der Waals surface area contributed by atoms with E-state index in [0.717, 1.165) is 0 Å². The highest BCUT2D eigenvalue weighted by molar-refractivity contribution is 7.89. The molecule has 0 radical (unpaired) electrons. The van der Waals surface area contributed by atoms with E-state index in [9.17, 15) is 21.6 Å². The highest BCUT2D eigenvalue weighted by Gasteiger charge is 2.31. The molecule has 0 aliphatic carbocycles. The summed E-state index contributed by atoms with van der Waals surface area (Å²) in [5, 5.41) is 0. The van der Waals surface area contributed by atoms with Gasteiger partial charge in [0.15, 0.2) is 0 Å². The van der Waals surface area contributed by atoms with E-state index in [0.29, 0.717) is 19.4 Å². The molecule has 0 amide bonds. The first kappa shape index (κ1) is 15.7. The van der Waals surface area contributed by atoms with E-state index in [2.05, 4.69) is 0 Å². The number of rotatable bonds is 7. The Kier molecular flexibility index (Phi) is 6.27. The summed E-state index contributed by atoms with van der Waals surface area (Å²) in [7, 11) is -3.63. The maximum Gasteiger partial charge on any atom is 0.390 e. The Balaban J connectivity index is 4.06. The summed E-state index contributed by atoms with van der Waals surface area (Å²) in [5.41, 5.74) is 5.18. The summed E-state index contributed by atoms with van der Waals surface area (Å²) in [6, 6.07) is -1.14. The molecule has 0 spiro atoms. The number of hydrogen-bond donors (Lipinski definition) is 2. The van der Waals surface area contributed by atoms with Crippen LogP contribution in [0.1, 0.15) is 26.2 Å². The van der Waals surface area contributed by atoms with Crippen molar-refractivity contribution in [2.75, 3.05) is 12.3 Å². The van der Waals surface area contributed by atoms with Crippen LogP contribution in [0.25, 0.3) is 0 Å². The number of hydrogen-bond acceptors (Lipinski definition) is 3. The number of nitrogens with one attached hydrogen (secondary N) is 1. The topological polar surface area (TPSA) is 72.2 Å². The Morgan fingerprint density at radius 2 is 1.88 bits per heavy atom. The first-order valence-electron chi connectivity index (χ1n) is 4.93. The predicted molar refractivity (Wildman–Crippen MR) is 55.3 cm³/mol. The van der Waals surface area contributed by atoms with Gasteiger partial charge >= 0.3 is 6.18 Å². The first-order chi connectivity index (χ1) is 7.16. The van der Waals surface area contributed by atoms with Crippen molar-refractivity contribution in [1.29, 1.82) is 0 Å². The SMILES string of the molecule is CC(CC(F)(F)F)NS(=O)(=O)CCCCN. The Bertz CT molecular complexity index is 290. The molecule has 0 aromatic carbocycles. The van der Waals surface area contributed by atoms with Crippen molar-refractivity contribution in [2.45, 2.75) is 38.4 Å². The molecule has 0 fully saturated rings. The minimum absolute atomic E-state index is 0.188. The van der Waals surface area contributed by atoms with Crippen molar-refractivity contribution in [2.24, 2.45) is 5.73 Å². The van der Waals surface area contributed by atoms with Crippen molar-refractivity contribution in [1.82, 2.24) is 4.72 Å². The smallest absolute Gasteiger partial charge is 0.330 e. The number of alkyl halides is 3. The molecule has 16 heavy (non-hydrogen) atoms. The third-order valence-corrected chi connectivity index (χ3v) is 3.37. The van der Waals surface area contributed by atoms with Crippen LogP contribution < -0.4 is 10.5 Å². The molecule has 8 heteroatoms. The predicted octanol–water partition coefficient (Wildman–Crippen LogP) is 0.986. The lowest BCUT2D eigenvalue weighted by atomic mass is 10.2. The molecule has 0 aromatic rings. The van der Waals surface area contributed by atoms with Gasteiger partial charge in [-0.1, -0.05) is 0 Å². The van der Waals surface area contributed by atoms with Gasteiger partial charge in [0, 0.05) is 6.04 Å². The maximum atomic E-state index is 11.9. The van der Waals surface area contributed by atoms with Gasteiger partial charge in [0.25, 0.3) is 0 Å². The van der Waals surface area contributed by atoms with Crippen LogP contribution in [-0.2, 0) is 10.0 Å². The molecule has 0 heterocycles. The van der Waals surface area contributed by atoms with Gasteiger partial charge in [-0.2, -0.15) is 13.2 Å². The largest absolute Gasteiger partial charge is 0.390 e. The standard InChI is InChI=1S/C8H17F3N2O2S/c1-7(6-8(9,10)11)13-16(14,15)5-3-2-4-12/h7,13H,2-6,12H2,1H3. The van der Waals surface area contributed by atoms with Crippen LogP contribution in [0.3, 0.4) is 0 Å². The summed E-state index contributed by atoms with van der Waals surface area (Å²) < 4.78 is 60.4. The van der Waals surface area contributed by atoms with Crippen molar-refractivity contribution in [3.8, 4) is 0 Å². The number of sulfonamides is 1. The van der Waals surface area contributed by atoms with E-state index < -0.39 is 28.7 Å². The Hall–Kier alpha value is -0.340. The molecule has 4 nitrogen and oxygen atoms in total. The normalized spacial score (nSPS) is 15.1. The quantitative estimate of drug-likeness (QED) is 0.672. The van der Waals surface area contributed by atoms with Gasteiger partial charge in [-0.05, 0) is 26.3 Å². The van der Waals surface area contributed by atoms with Gasteiger partial charge in [-0.25, -0.2) is 13.1 Å². The molecule has 0 aromatic heterocycles. The lowest BCUT2D eigenvalue weighted by Crippen LogP contribution is -2.37. The molecule has 98 valence electrons. The summed E-state index contributed by atoms with van der Waals surface area (Å²) >= 11 is 0. The van der Waals surface area contributed by atoms with Crippen LogP contribution >= 0.6 is 0 Å². The van der Waals surface area contributed by atoms with Crippen molar-refractivity contribution in [3.05, 3.63) is 0 Å². The summed E-state index contributed by atoms with van der Waals surface area (Å²) in [5.74, 6) is -0.188. The van der Waals surface area contributed by atoms with Gasteiger partial charge < -0.3 is 5.73 Å². The lowest BCUT2D eigenvalue weighted by Gasteiger charge is -2.15. The number of halogens is 3. The highest BCUT2D eigenvalue weighted by atomic mass is 32.2. The van der Waals surface area contributed by atoms with E-state index in [-0.39, 0.29) is 5.75 Å². The number of unbranched alkanes of at least 4 members (excludes halogenated alkanes) is 1. The molecule has 0 bridgehead atoms. The first-order valence-corrected chi connectivity index (χ1v) is 6.58. The van der Waals surface area contributed by atoms with Gasteiger partial charge in [0.05, 0.1) is 12.2 Å². The second-order valence-corrected chi connectivity index (χ2v) is 5.53. The van der Waals surface area contributed by atoms with Crippen LogP contribution in [0.2, 0.25) is 0 Å². The molecule has 0 saturated heterocycles. The summed E-state index contributed by atoms with van der Waals surface area (Å²) in [4.78, 5) is 0. The van der Waals surface area contributed by atoms with Crippen LogP contribution in [-0.4, -0.2) is 32.9 Å². The Morgan fingerprint density at radius 3 is 2.31 bits per heavy atom. The van der Waals surface area contributed by atoms with E-state index in [4.69, 9.17) is 5.73 Å². The minimum atomic E-state index is -4.36. The molecule has 3 N–H and O–H groups in total.